The molecule has 7 heteroatoms. The summed E-state index contributed by atoms with van der Waals surface area (Å²) in [6.07, 6.45) is 2.55. The predicted molar refractivity (Wildman–Crippen MR) is 103 cm³/mol. The highest BCUT2D eigenvalue weighted by molar-refractivity contribution is 6.41. The van der Waals surface area contributed by atoms with Gasteiger partial charge in [-0.15, -0.1) is 0 Å². The summed E-state index contributed by atoms with van der Waals surface area (Å²) in [5, 5.41) is 7.92. The molecule has 1 aliphatic rings. The Hall–Kier alpha value is -0.910. The molecular formula is C17H29Cl2N5. The first-order chi connectivity index (χ1) is 11.4. The van der Waals surface area contributed by atoms with Gasteiger partial charge in [-0.05, 0) is 45.2 Å². The molecule has 0 amide bonds. The Morgan fingerprint density at radius 1 is 1.38 bits per heavy atom. The van der Waals surface area contributed by atoms with Crippen LogP contribution in [0.3, 0.4) is 0 Å². The highest BCUT2D eigenvalue weighted by Crippen LogP contribution is 2.24. The summed E-state index contributed by atoms with van der Waals surface area (Å²) in [5.74, 6) is 1.48. The Labute approximate surface area is 155 Å². The van der Waals surface area contributed by atoms with Gasteiger partial charge in [-0.1, -0.05) is 23.2 Å². The van der Waals surface area contributed by atoms with Crippen LogP contribution in [-0.4, -0.2) is 48.2 Å². The van der Waals surface area contributed by atoms with Crippen LogP contribution in [0, 0.1) is 5.92 Å². The van der Waals surface area contributed by atoms with E-state index in [1.165, 1.54) is 19.4 Å². The van der Waals surface area contributed by atoms with E-state index < -0.39 is 0 Å². The Morgan fingerprint density at radius 3 is 2.71 bits per heavy atom. The van der Waals surface area contributed by atoms with Gasteiger partial charge in [0.2, 0.25) is 0 Å². The van der Waals surface area contributed by atoms with E-state index >= 15 is 0 Å². The number of hydrogen-bond donors (Lipinski definition) is 2. The maximum atomic E-state index is 6.10. The van der Waals surface area contributed by atoms with E-state index in [9.17, 15) is 0 Å². The maximum Gasteiger partial charge on any atom is 0.191 e. The number of likely N-dealkylation sites (tertiary alicyclic amines) is 1. The average Bonchev–Trinajstić information content (AvgIpc) is 2.82. The van der Waals surface area contributed by atoms with Crippen LogP contribution in [0.4, 0.5) is 0 Å². The summed E-state index contributed by atoms with van der Waals surface area (Å²) in [7, 11) is 3.70. The molecule has 2 N–H and O–H groups in total. The second-order valence-corrected chi connectivity index (χ2v) is 7.50. The minimum atomic E-state index is 0.562. The third-order valence-corrected chi connectivity index (χ3v) is 5.56. The number of piperidine rings is 1. The van der Waals surface area contributed by atoms with E-state index in [-0.39, 0.29) is 0 Å². The quantitative estimate of drug-likeness (QED) is 0.615. The molecule has 1 fully saturated rings. The molecular weight excluding hydrogens is 345 g/mol. The zero-order chi connectivity index (χ0) is 17.7. The molecule has 24 heavy (non-hydrogen) atoms. The topological polar surface area (TPSA) is 44.6 Å². The number of nitrogens with one attached hydrogen (secondary N) is 2. The van der Waals surface area contributed by atoms with Crippen molar-refractivity contribution in [1.82, 2.24) is 20.1 Å². The lowest BCUT2D eigenvalue weighted by atomic mass is 9.97. The number of hydrogen-bond acceptors (Lipinski definition) is 2. The molecule has 5 nitrogen and oxygen atoms in total. The normalized spacial score (nSPS) is 19.8. The first-order valence-electron chi connectivity index (χ1n) is 8.60. The third kappa shape index (κ3) is 5.04. The predicted octanol–water partition coefficient (Wildman–Crippen LogP) is 3.12. The summed E-state index contributed by atoms with van der Waals surface area (Å²) < 4.78 is 1.88. The van der Waals surface area contributed by atoms with Crippen LogP contribution in [0.15, 0.2) is 11.1 Å². The van der Waals surface area contributed by atoms with Crippen LogP contribution in [0.25, 0.3) is 0 Å². The van der Waals surface area contributed by atoms with Gasteiger partial charge in [0.15, 0.2) is 5.96 Å². The van der Waals surface area contributed by atoms with Crippen LogP contribution in [-0.2, 0) is 13.6 Å². The Balaban J connectivity index is 1.81. The fourth-order valence-electron chi connectivity index (χ4n) is 3.13. The van der Waals surface area contributed by atoms with E-state index in [1.54, 1.807) is 7.05 Å². The van der Waals surface area contributed by atoms with Crippen LogP contribution in [0.2, 0.25) is 10.2 Å². The van der Waals surface area contributed by atoms with E-state index in [0.717, 1.165) is 24.7 Å². The summed E-state index contributed by atoms with van der Waals surface area (Å²) >= 11 is 12.2. The van der Waals surface area contributed by atoms with Gasteiger partial charge in [0, 0.05) is 38.9 Å². The van der Waals surface area contributed by atoms with Crippen molar-refractivity contribution in [3.05, 3.63) is 21.9 Å². The monoisotopic (exact) mass is 373 g/mol. The van der Waals surface area contributed by atoms with Gasteiger partial charge in [-0.3, -0.25) is 4.99 Å². The molecule has 1 unspecified atom stereocenters. The van der Waals surface area contributed by atoms with Gasteiger partial charge in [0.1, 0.15) is 5.15 Å². The van der Waals surface area contributed by atoms with Crippen LogP contribution in [0.5, 0.6) is 0 Å². The Morgan fingerprint density at radius 2 is 2.12 bits per heavy atom. The fraction of sp³-hybridized carbons (Fsp3) is 0.706. The molecule has 2 rings (SSSR count). The van der Waals surface area contributed by atoms with E-state index in [0.29, 0.717) is 28.7 Å². The van der Waals surface area contributed by atoms with Crippen molar-refractivity contribution in [2.45, 2.75) is 39.3 Å². The van der Waals surface area contributed by atoms with Gasteiger partial charge in [0.05, 0.1) is 11.6 Å². The molecule has 0 aromatic carbocycles. The van der Waals surface area contributed by atoms with Crippen LogP contribution < -0.4 is 10.6 Å². The number of aliphatic imine (C=N–C) groups is 1. The van der Waals surface area contributed by atoms with Gasteiger partial charge in [0.25, 0.3) is 0 Å². The van der Waals surface area contributed by atoms with Crippen molar-refractivity contribution in [3.63, 3.8) is 0 Å². The fourth-order valence-corrected chi connectivity index (χ4v) is 3.54. The standard InChI is InChI=1S/C17H29Cl2N5/c1-12(2)24-7-5-6-13(11-24)9-21-17(20-3)22-10-14-8-15(18)16(19)23(14)4/h8,12-13H,5-7,9-11H2,1-4H3,(H2,20,21,22). The SMILES string of the molecule is CN=C(NCc1cc(Cl)c(Cl)n1C)NCC1CCCN(C(C)C)C1. The lowest BCUT2D eigenvalue weighted by Crippen LogP contribution is -2.46. The largest absolute Gasteiger partial charge is 0.356 e. The number of aromatic nitrogens is 1. The van der Waals surface area contributed by atoms with Crippen LogP contribution in [0.1, 0.15) is 32.4 Å². The van der Waals surface area contributed by atoms with Crippen molar-refractivity contribution in [2.75, 3.05) is 26.7 Å². The van der Waals surface area contributed by atoms with Gasteiger partial charge < -0.3 is 20.1 Å². The number of rotatable bonds is 5. The molecule has 0 saturated carbocycles. The average molecular weight is 374 g/mol. The number of guanidine groups is 1. The highest BCUT2D eigenvalue weighted by atomic mass is 35.5. The lowest BCUT2D eigenvalue weighted by Gasteiger charge is -2.35. The molecule has 1 aromatic rings. The maximum absolute atomic E-state index is 6.10. The molecule has 1 aromatic heterocycles. The van der Waals surface area contributed by atoms with Gasteiger partial charge in [-0.2, -0.15) is 0 Å². The lowest BCUT2D eigenvalue weighted by molar-refractivity contribution is 0.141. The molecule has 136 valence electrons. The summed E-state index contributed by atoms with van der Waals surface area (Å²) in [5.41, 5.74) is 1.02. The van der Waals surface area contributed by atoms with Crippen molar-refractivity contribution in [2.24, 2.45) is 18.0 Å². The molecule has 1 atom stereocenters. The molecule has 0 aliphatic carbocycles. The van der Waals surface area contributed by atoms with E-state index in [2.05, 4.69) is 34.4 Å². The summed E-state index contributed by atoms with van der Waals surface area (Å²) in [4.78, 5) is 6.86. The third-order valence-electron chi connectivity index (χ3n) is 4.72. The van der Waals surface area contributed by atoms with Crippen molar-refractivity contribution in [3.8, 4) is 0 Å². The molecule has 0 bridgehead atoms. The second-order valence-electron chi connectivity index (χ2n) is 6.74. The van der Waals surface area contributed by atoms with Crippen LogP contribution >= 0.6 is 23.2 Å². The van der Waals surface area contributed by atoms with E-state index in [4.69, 9.17) is 23.2 Å². The molecule has 0 spiro atoms. The molecule has 2 heterocycles. The zero-order valence-corrected chi connectivity index (χ0v) is 16.6. The van der Waals surface area contributed by atoms with Crippen molar-refractivity contribution >= 4 is 29.2 Å². The molecule has 0 radical (unpaired) electrons. The second kappa shape index (κ2) is 8.97. The summed E-state index contributed by atoms with van der Waals surface area (Å²) in [6, 6.07) is 2.50. The zero-order valence-electron chi connectivity index (χ0n) is 15.1. The van der Waals surface area contributed by atoms with Crippen molar-refractivity contribution in [1.29, 1.82) is 0 Å². The molecule has 1 aliphatic heterocycles. The Bertz CT molecular complexity index is 568. The van der Waals surface area contributed by atoms with Gasteiger partial charge >= 0.3 is 0 Å². The highest BCUT2D eigenvalue weighted by Gasteiger charge is 2.21. The summed E-state index contributed by atoms with van der Waals surface area (Å²) in [6.45, 7) is 8.49. The first-order valence-corrected chi connectivity index (χ1v) is 9.36. The Kier molecular flexibility index (Phi) is 7.26. The number of nitrogens with zero attached hydrogens (tertiary/aromatic N) is 3. The minimum Gasteiger partial charge on any atom is -0.356 e. The van der Waals surface area contributed by atoms with Crippen molar-refractivity contribution < 1.29 is 0 Å². The van der Waals surface area contributed by atoms with Gasteiger partial charge in [-0.25, -0.2) is 0 Å². The van der Waals surface area contributed by atoms with E-state index in [1.807, 2.05) is 17.7 Å². The number of halogens is 2. The first kappa shape index (κ1) is 19.4. The molecule has 1 saturated heterocycles. The smallest absolute Gasteiger partial charge is 0.191 e. The minimum absolute atomic E-state index is 0.562.